The Morgan fingerprint density at radius 3 is 2.40 bits per heavy atom. The van der Waals surface area contributed by atoms with E-state index in [0.29, 0.717) is 47.0 Å². The first-order valence-electron chi connectivity index (χ1n) is 13.2. The maximum atomic E-state index is 13.9. The summed E-state index contributed by atoms with van der Waals surface area (Å²) in [6.45, 7) is 2.03. The Hall–Kier alpha value is -4.85. The number of rotatable bonds is 6. The summed E-state index contributed by atoms with van der Waals surface area (Å²) in [6, 6.07) is 22.8. The molecule has 2 atom stereocenters. The van der Waals surface area contributed by atoms with Gasteiger partial charge in [0, 0.05) is 23.4 Å². The van der Waals surface area contributed by atoms with E-state index in [0.717, 1.165) is 22.4 Å². The first kappa shape index (κ1) is 25.4. The van der Waals surface area contributed by atoms with Gasteiger partial charge in [-0.25, -0.2) is 4.68 Å². The van der Waals surface area contributed by atoms with Gasteiger partial charge in [-0.3, -0.25) is 9.59 Å². The minimum Gasteiger partial charge on any atom is -0.493 e. The van der Waals surface area contributed by atoms with Crippen LogP contribution in [0.3, 0.4) is 0 Å². The molecule has 1 amide bonds. The Morgan fingerprint density at radius 1 is 0.950 bits per heavy atom. The predicted molar refractivity (Wildman–Crippen MR) is 153 cm³/mol. The summed E-state index contributed by atoms with van der Waals surface area (Å²) in [4.78, 5) is 27.2. The molecule has 8 nitrogen and oxygen atoms in total. The minimum atomic E-state index is -0.441. The van der Waals surface area contributed by atoms with Crippen molar-refractivity contribution >= 4 is 23.2 Å². The smallest absolute Gasteiger partial charge is 0.261 e. The molecule has 0 saturated carbocycles. The van der Waals surface area contributed by atoms with Gasteiger partial charge in [-0.1, -0.05) is 54.1 Å². The van der Waals surface area contributed by atoms with Gasteiger partial charge in [-0.2, -0.15) is 5.10 Å². The lowest BCUT2D eigenvalue weighted by Crippen LogP contribution is -2.34. The van der Waals surface area contributed by atoms with Crippen LogP contribution in [0.2, 0.25) is 0 Å². The van der Waals surface area contributed by atoms with Gasteiger partial charge in [0.15, 0.2) is 17.3 Å². The Kier molecular flexibility index (Phi) is 6.59. The Balaban J connectivity index is 1.41. The number of ketones is 1. The molecule has 40 heavy (non-hydrogen) atoms. The molecule has 0 radical (unpaired) electrons. The quantitative estimate of drug-likeness (QED) is 0.321. The van der Waals surface area contributed by atoms with Crippen molar-refractivity contribution in [2.45, 2.75) is 31.7 Å². The van der Waals surface area contributed by atoms with Crippen LogP contribution < -0.4 is 20.1 Å². The lowest BCUT2D eigenvalue weighted by atomic mass is 9.77. The second-order valence-corrected chi connectivity index (χ2v) is 10.1. The average Bonchev–Trinajstić information content (AvgIpc) is 3.40. The second kappa shape index (κ2) is 10.4. The van der Waals surface area contributed by atoms with E-state index >= 15 is 0 Å². The lowest BCUT2D eigenvalue weighted by Gasteiger charge is -2.36. The number of fused-ring (bicyclic) bond motifs is 1. The molecule has 1 aromatic heterocycles. The number of para-hydroxylation sites is 1. The van der Waals surface area contributed by atoms with Crippen molar-refractivity contribution in [3.05, 3.63) is 113 Å². The van der Waals surface area contributed by atoms with Crippen molar-refractivity contribution in [1.82, 2.24) is 9.78 Å². The number of carbonyl (C=O) groups excluding carboxylic acids is 2. The number of allylic oxidation sites excluding steroid dienone is 2. The molecule has 2 unspecified atom stereocenters. The Labute approximate surface area is 232 Å². The largest absolute Gasteiger partial charge is 0.493 e. The summed E-state index contributed by atoms with van der Waals surface area (Å²) in [7, 11) is 3.21. The molecule has 1 aliphatic carbocycles. The van der Waals surface area contributed by atoms with Crippen LogP contribution in [0.4, 0.5) is 11.5 Å². The molecule has 4 aromatic rings. The zero-order valence-corrected chi connectivity index (χ0v) is 22.6. The molecule has 0 fully saturated rings. The highest BCUT2D eigenvalue weighted by Gasteiger charge is 2.40. The van der Waals surface area contributed by atoms with Crippen molar-refractivity contribution in [1.29, 1.82) is 0 Å². The Morgan fingerprint density at radius 2 is 1.68 bits per heavy atom. The van der Waals surface area contributed by atoms with Gasteiger partial charge in [-0.15, -0.1) is 0 Å². The molecule has 3 aromatic carbocycles. The van der Waals surface area contributed by atoms with Gasteiger partial charge in [0.1, 0.15) is 17.4 Å². The summed E-state index contributed by atoms with van der Waals surface area (Å²) in [5, 5.41) is 11.0. The number of aromatic nitrogens is 2. The summed E-state index contributed by atoms with van der Waals surface area (Å²) < 4.78 is 12.7. The molecule has 6 rings (SSSR count). The SMILES string of the molecule is COc1ccc(C2CC(=O)C3=C(C2)Nc2c(C(=O)Nc4ccccc4)cnn2C3c2ccc(C)cc2)cc1OC. The molecular formula is C32H30N4O4. The van der Waals surface area contributed by atoms with E-state index in [4.69, 9.17) is 9.47 Å². The molecule has 0 bridgehead atoms. The van der Waals surface area contributed by atoms with Crippen molar-refractivity contribution in [3.8, 4) is 11.5 Å². The van der Waals surface area contributed by atoms with E-state index in [9.17, 15) is 9.59 Å². The molecule has 2 aliphatic rings. The minimum absolute atomic E-state index is 0.0514. The molecule has 2 N–H and O–H groups in total. The monoisotopic (exact) mass is 534 g/mol. The predicted octanol–water partition coefficient (Wildman–Crippen LogP) is 5.88. The maximum Gasteiger partial charge on any atom is 0.261 e. The number of carbonyl (C=O) groups is 2. The van der Waals surface area contributed by atoms with Crippen molar-refractivity contribution < 1.29 is 19.1 Å². The fourth-order valence-electron chi connectivity index (χ4n) is 5.60. The van der Waals surface area contributed by atoms with Crippen LogP contribution in [0.1, 0.15) is 51.8 Å². The van der Waals surface area contributed by atoms with E-state index < -0.39 is 6.04 Å². The van der Waals surface area contributed by atoms with Crippen LogP contribution in [0.25, 0.3) is 0 Å². The Bertz CT molecular complexity index is 1620. The normalized spacial score (nSPS) is 17.9. The van der Waals surface area contributed by atoms with Gasteiger partial charge in [-0.05, 0) is 54.7 Å². The fraction of sp³-hybridized carbons (Fsp3) is 0.219. The number of aryl methyl sites for hydroxylation is 1. The summed E-state index contributed by atoms with van der Waals surface area (Å²) in [6.07, 6.45) is 2.52. The maximum absolute atomic E-state index is 13.9. The van der Waals surface area contributed by atoms with E-state index in [1.165, 1.54) is 0 Å². The number of nitrogens with one attached hydrogen (secondary N) is 2. The number of nitrogens with zero attached hydrogens (tertiary/aromatic N) is 2. The summed E-state index contributed by atoms with van der Waals surface area (Å²) in [5.74, 6) is 1.55. The number of Topliss-reactive ketones (excluding diaryl/α,β-unsaturated/α-hetero) is 1. The van der Waals surface area contributed by atoms with Gasteiger partial charge >= 0.3 is 0 Å². The van der Waals surface area contributed by atoms with E-state index in [1.54, 1.807) is 25.1 Å². The second-order valence-electron chi connectivity index (χ2n) is 10.1. The van der Waals surface area contributed by atoms with E-state index in [2.05, 4.69) is 15.7 Å². The lowest BCUT2D eigenvalue weighted by molar-refractivity contribution is -0.116. The first-order valence-corrected chi connectivity index (χ1v) is 13.2. The van der Waals surface area contributed by atoms with Crippen LogP contribution in [0, 0.1) is 6.92 Å². The van der Waals surface area contributed by atoms with Crippen LogP contribution in [0.5, 0.6) is 11.5 Å². The topological polar surface area (TPSA) is 94.5 Å². The zero-order valence-electron chi connectivity index (χ0n) is 22.6. The third kappa shape index (κ3) is 4.51. The third-order valence-electron chi connectivity index (χ3n) is 7.64. The standard InChI is InChI=1S/C32H30N4O4/c1-19-9-11-20(12-10-19)30-29-25(15-22(16-26(29)37)21-13-14-27(39-2)28(17-21)40-3)35-31-24(18-33-36(30)31)32(38)34-23-7-5-4-6-8-23/h4-14,17-18,22,30,35H,15-16H2,1-3H3,(H,34,38). The number of amides is 1. The molecule has 1 aliphatic heterocycles. The molecule has 2 heterocycles. The highest BCUT2D eigenvalue weighted by atomic mass is 16.5. The van der Waals surface area contributed by atoms with Gasteiger partial charge in [0.25, 0.3) is 5.91 Å². The third-order valence-corrected chi connectivity index (χ3v) is 7.64. The first-order chi connectivity index (χ1) is 19.5. The van der Waals surface area contributed by atoms with Gasteiger partial charge < -0.3 is 20.1 Å². The molecule has 8 heteroatoms. The molecule has 0 spiro atoms. The van der Waals surface area contributed by atoms with Gasteiger partial charge in [0.05, 0.1) is 20.4 Å². The molecule has 0 saturated heterocycles. The summed E-state index contributed by atoms with van der Waals surface area (Å²) in [5.41, 5.74) is 5.66. The number of ether oxygens (including phenoxy) is 2. The number of methoxy groups -OCH3 is 2. The zero-order chi connectivity index (χ0) is 27.8. The van der Waals surface area contributed by atoms with Crippen LogP contribution in [-0.2, 0) is 4.79 Å². The van der Waals surface area contributed by atoms with Crippen molar-refractivity contribution in [2.75, 3.05) is 24.9 Å². The number of benzene rings is 3. The van der Waals surface area contributed by atoms with Crippen molar-refractivity contribution in [2.24, 2.45) is 0 Å². The number of hydrogen-bond acceptors (Lipinski definition) is 6. The van der Waals surface area contributed by atoms with Crippen LogP contribution in [0.15, 0.2) is 90.3 Å². The number of anilines is 2. The van der Waals surface area contributed by atoms with Gasteiger partial charge in [0.2, 0.25) is 0 Å². The highest BCUT2D eigenvalue weighted by Crippen LogP contribution is 2.46. The molecule has 202 valence electrons. The molecular weight excluding hydrogens is 504 g/mol. The van der Waals surface area contributed by atoms with E-state index in [1.807, 2.05) is 79.7 Å². The number of hydrogen-bond donors (Lipinski definition) is 2. The van der Waals surface area contributed by atoms with Crippen LogP contribution >= 0.6 is 0 Å². The fourth-order valence-corrected chi connectivity index (χ4v) is 5.60. The van der Waals surface area contributed by atoms with Crippen molar-refractivity contribution in [3.63, 3.8) is 0 Å². The van der Waals surface area contributed by atoms with E-state index in [-0.39, 0.29) is 17.6 Å². The van der Waals surface area contributed by atoms with Crippen LogP contribution in [-0.4, -0.2) is 35.7 Å². The summed E-state index contributed by atoms with van der Waals surface area (Å²) >= 11 is 0. The highest BCUT2D eigenvalue weighted by molar-refractivity contribution is 6.08. The average molecular weight is 535 g/mol.